The molecule has 0 aliphatic carbocycles. The molecule has 0 amide bonds. The number of carboxylic acids is 1. The molecule has 0 aliphatic rings. The number of carboxylic acid groups (broad SMARTS) is 1. The van der Waals surface area contributed by atoms with Crippen LogP contribution in [-0.4, -0.2) is 16.9 Å². The van der Waals surface area contributed by atoms with Crippen LogP contribution in [0.25, 0.3) is 11.1 Å². The predicted octanol–water partition coefficient (Wildman–Crippen LogP) is 4.22. The number of hydrogen-bond donors (Lipinski definition) is 1. The van der Waals surface area contributed by atoms with Gasteiger partial charge in [-0.25, -0.2) is 4.79 Å². The van der Waals surface area contributed by atoms with Gasteiger partial charge in [0.1, 0.15) is 0 Å². The molecule has 4 heteroatoms. The number of halogens is 1. The second-order valence-corrected chi connectivity index (χ2v) is 5.03. The minimum absolute atomic E-state index is 0.109. The van der Waals surface area contributed by atoms with Crippen molar-refractivity contribution in [3.8, 4) is 11.1 Å². The third-order valence-electron chi connectivity index (χ3n) is 3.06. The molecule has 0 atom stereocenters. The number of ketones is 1. The minimum Gasteiger partial charge on any atom is -0.478 e. The molecule has 2 aromatic rings. The van der Waals surface area contributed by atoms with Gasteiger partial charge in [0.2, 0.25) is 0 Å². The molecular weight excluding hydrogens is 288 g/mol. The van der Waals surface area contributed by atoms with E-state index in [1.807, 2.05) is 24.3 Å². The van der Waals surface area contributed by atoms with Gasteiger partial charge < -0.3 is 5.11 Å². The fourth-order valence-electron chi connectivity index (χ4n) is 1.86. The summed E-state index contributed by atoms with van der Waals surface area (Å²) in [6.45, 7) is 3.36. The van der Waals surface area contributed by atoms with Crippen LogP contribution in [0.1, 0.15) is 16.8 Å². The molecule has 0 aromatic heterocycles. The van der Waals surface area contributed by atoms with Crippen LogP contribution >= 0.6 is 11.6 Å². The van der Waals surface area contributed by atoms with Gasteiger partial charge in [0.25, 0.3) is 0 Å². The SMILES string of the molecule is C=C(CC(=O)c1ccc(-c2ccc(Cl)cc2)cc1)C(=O)O. The zero-order chi connectivity index (χ0) is 15.4. The smallest absolute Gasteiger partial charge is 0.331 e. The molecule has 21 heavy (non-hydrogen) atoms. The number of aliphatic carboxylic acids is 1. The number of Topliss-reactive ketones (excluding diaryl/α,β-unsaturated/α-hetero) is 1. The molecule has 0 heterocycles. The van der Waals surface area contributed by atoms with Gasteiger partial charge >= 0.3 is 5.97 Å². The summed E-state index contributed by atoms with van der Waals surface area (Å²) < 4.78 is 0. The quantitative estimate of drug-likeness (QED) is 0.664. The van der Waals surface area contributed by atoms with Crippen LogP contribution in [0, 0.1) is 0 Å². The van der Waals surface area contributed by atoms with E-state index in [0.717, 1.165) is 11.1 Å². The first-order chi connectivity index (χ1) is 9.97. The average molecular weight is 301 g/mol. The van der Waals surface area contributed by atoms with Crippen LogP contribution in [0.5, 0.6) is 0 Å². The van der Waals surface area contributed by atoms with Crippen LogP contribution < -0.4 is 0 Å². The zero-order valence-corrected chi connectivity index (χ0v) is 11.9. The Morgan fingerprint density at radius 1 is 0.952 bits per heavy atom. The largest absolute Gasteiger partial charge is 0.478 e. The summed E-state index contributed by atoms with van der Waals surface area (Å²) in [5.74, 6) is -1.41. The van der Waals surface area contributed by atoms with Crippen molar-refractivity contribution in [1.82, 2.24) is 0 Å². The van der Waals surface area contributed by atoms with E-state index in [-0.39, 0.29) is 17.8 Å². The summed E-state index contributed by atoms with van der Waals surface area (Å²) >= 11 is 5.84. The second-order valence-electron chi connectivity index (χ2n) is 4.59. The summed E-state index contributed by atoms with van der Waals surface area (Å²) in [5, 5.41) is 9.39. The molecule has 2 rings (SSSR count). The molecule has 0 fully saturated rings. The fourth-order valence-corrected chi connectivity index (χ4v) is 1.99. The average Bonchev–Trinajstić information content (AvgIpc) is 2.48. The van der Waals surface area contributed by atoms with E-state index >= 15 is 0 Å². The molecule has 0 unspecified atom stereocenters. The molecule has 1 N–H and O–H groups in total. The highest BCUT2D eigenvalue weighted by atomic mass is 35.5. The Labute approximate surface area is 127 Å². The molecule has 0 saturated carbocycles. The molecule has 0 bridgehead atoms. The molecule has 0 saturated heterocycles. The Morgan fingerprint density at radius 3 is 1.90 bits per heavy atom. The lowest BCUT2D eigenvalue weighted by Gasteiger charge is -2.04. The first-order valence-corrected chi connectivity index (χ1v) is 6.65. The van der Waals surface area contributed by atoms with Crippen LogP contribution in [0.15, 0.2) is 60.7 Å². The Balaban J connectivity index is 2.15. The maximum absolute atomic E-state index is 11.9. The summed E-state index contributed by atoms with van der Waals surface area (Å²) in [5.41, 5.74) is 2.31. The molecular formula is C17H13ClO3. The van der Waals surface area contributed by atoms with Gasteiger partial charge in [-0.1, -0.05) is 54.6 Å². The Hall–Kier alpha value is -2.39. The van der Waals surface area contributed by atoms with E-state index in [2.05, 4.69) is 6.58 Å². The van der Waals surface area contributed by atoms with Crippen LogP contribution in [0.3, 0.4) is 0 Å². The second kappa shape index (κ2) is 6.37. The highest BCUT2D eigenvalue weighted by Crippen LogP contribution is 2.22. The van der Waals surface area contributed by atoms with Crippen LogP contribution in [-0.2, 0) is 4.79 Å². The van der Waals surface area contributed by atoms with Crippen LogP contribution in [0.4, 0.5) is 0 Å². The highest BCUT2D eigenvalue weighted by molar-refractivity contribution is 6.30. The summed E-state index contributed by atoms with van der Waals surface area (Å²) in [4.78, 5) is 22.6. The van der Waals surface area contributed by atoms with Gasteiger partial charge in [-0.15, -0.1) is 0 Å². The number of hydrogen-bond acceptors (Lipinski definition) is 2. The third-order valence-corrected chi connectivity index (χ3v) is 3.31. The maximum Gasteiger partial charge on any atom is 0.331 e. The Bertz CT molecular complexity index is 685. The van der Waals surface area contributed by atoms with Gasteiger partial charge in [0.05, 0.1) is 0 Å². The van der Waals surface area contributed by atoms with Crippen molar-refractivity contribution in [2.75, 3.05) is 0 Å². The molecule has 2 aromatic carbocycles. The zero-order valence-electron chi connectivity index (χ0n) is 11.2. The van der Waals surface area contributed by atoms with E-state index in [1.165, 1.54) is 0 Å². The maximum atomic E-state index is 11.9. The molecule has 0 aliphatic heterocycles. The summed E-state index contributed by atoms with van der Waals surface area (Å²) in [7, 11) is 0. The van der Waals surface area contributed by atoms with E-state index < -0.39 is 5.97 Å². The molecule has 3 nitrogen and oxygen atoms in total. The van der Waals surface area contributed by atoms with Crippen LogP contribution in [0.2, 0.25) is 5.02 Å². The van der Waals surface area contributed by atoms with Crippen molar-refractivity contribution in [1.29, 1.82) is 0 Å². The first-order valence-electron chi connectivity index (χ1n) is 6.27. The van der Waals surface area contributed by atoms with Crippen molar-refractivity contribution in [2.24, 2.45) is 0 Å². The monoisotopic (exact) mass is 300 g/mol. The van der Waals surface area contributed by atoms with Gasteiger partial charge in [0.15, 0.2) is 5.78 Å². The Kier molecular flexibility index (Phi) is 4.55. The number of carbonyl (C=O) groups is 2. The third kappa shape index (κ3) is 3.80. The normalized spacial score (nSPS) is 10.1. The topological polar surface area (TPSA) is 54.4 Å². The molecule has 106 valence electrons. The van der Waals surface area contributed by atoms with Gasteiger partial charge in [-0.2, -0.15) is 0 Å². The molecule has 0 spiro atoms. The van der Waals surface area contributed by atoms with Gasteiger partial charge in [-0.05, 0) is 23.3 Å². The van der Waals surface area contributed by atoms with Gasteiger partial charge in [0, 0.05) is 22.6 Å². The summed E-state index contributed by atoms with van der Waals surface area (Å²) in [6, 6.07) is 14.4. The molecule has 0 radical (unpaired) electrons. The number of carbonyl (C=O) groups excluding carboxylic acids is 1. The number of rotatable bonds is 5. The number of benzene rings is 2. The minimum atomic E-state index is -1.15. The highest BCUT2D eigenvalue weighted by Gasteiger charge is 2.12. The fraction of sp³-hybridized carbons (Fsp3) is 0.0588. The van der Waals surface area contributed by atoms with Crippen molar-refractivity contribution in [3.63, 3.8) is 0 Å². The first kappa shape index (κ1) is 15.0. The van der Waals surface area contributed by atoms with E-state index in [4.69, 9.17) is 16.7 Å². The predicted molar refractivity (Wildman–Crippen MR) is 82.6 cm³/mol. The standard InChI is InChI=1S/C17H13ClO3/c1-11(17(20)21)10-16(19)14-4-2-12(3-5-14)13-6-8-15(18)9-7-13/h2-9H,1,10H2,(H,20,21). The lowest BCUT2D eigenvalue weighted by Crippen LogP contribution is -2.06. The van der Waals surface area contributed by atoms with Crippen molar-refractivity contribution < 1.29 is 14.7 Å². The van der Waals surface area contributed by atoms with Crippen molar-refractivity contribution >= 4 is 23.4 Å². The van der Waals surface area contributed by atoms with Gasteiger partial charge in [-0.3, -0.25) is 4.79 Å². The van der Waals surface area contributed by atoms with E-state index in [1.54, 1.807) is 24.3 Å². The Morgan fingerprint density at radius 2 is 1.43 bits per heavy atom. The van der Waals surface area contributed by atoms with Crippen molar-refractivity contribution in [2.45, 2.75) is 6.42 Å². The van der Waals surface area contributed by atoms with Crippen molar-refractivity contribution in [3.05, 3.63) is 71.3 Å². The lowest BCUT2D eigenvalue weighted by molar-refractivity contribution is -0.132. The van der Waals surface area contributed by atoms with E-state index in [0.29, 0.717) is 10.6 Å². The summed E-state index contributed by atoms with van der Waals surface area (Å²) in [6.07, 6.45) is -0.185. The lowest BCUT2D eigenvalue weighted by atomic mass is 10.00. The van der Waals surface area contributed by atoms with E-state index in [9.17, 15) is 9.59 Å².